The molecule has 1 aliphatic rings. The van der Waals surface area contributed by atoms with Crippen molar-refractivity contribution in [2.75, 3.05) is 13.1 Å². The zero-order valence-electron chi connectivity index (χ0n) is 13.2. The van der Waals surface area contributed by atoms with Crippen LogP contribution in [0.3, 0.4) is 0 Å². The van der Waals surface area contributed by atoms with E-state index in [2.05, 4.69) is 15.6 Å². The Balaban J connectivity index is 1.91. The van der Waals surface area contributed by atoms with E-state index in [1.807, 2.05) is 19.1 Å². The quantitative estimate of drug-likeness (QED) is 0.576. The van der Waals surface area contributed by atoms with Gasteiger partial charge in [-0.3, -0.25) is 4.99 Å². The number of halogens is 1. The highest BCUT2D eigenvalue weighted by Gasteiger charge is 2.15. The Labute approximate surface area is 138 Å². The molecular formula is C17H26ClN3O. The Morgan fingerprint density at radius 3 is 2.59 bits per heavy atom. The van der Waals surface area contributed by atoms with Crippen molar-refractivity contribution in [2.24, 2.45) is 4.99 Å². The molecule has 0 radical (unpaired) electrons. The Hall–Kier alpha value is -1.26. The van der Waals surface area contributed by atoms with Gasteiger partial charge in [0.2, 0.25) is 0 Å². The molecule has 2 rings (SSSR count). The van der Waals surface area contributed by atoms with Crippen LogP contribution in [0.5, 0.6) is 0 Å². The number of nitrogens with zero attached hydrogens (tertiary/aromatic N) is 1. The number of aliphatic imine (C=N–C) groups is 1. The standard InChI is InChI=1S/C17H26ClN3O/c1-2-19-17(21-15-6-4-3-5-7-15)20-12-16(22)13-8-10-14(18)11-9-13/h8-11,15-16,22H,2-7,12H2,1H3,(H2,19,20,21). The lowest BCUT2D eigenvalue weighted by Gasteiger charge is -2.25. The van der Waals surface area contributed by atoms with Crippen molar-refractivity contribution in [1.29, 1.82) is 0 Å². The lowest BCUT2D eigenvalue weighted by atomic mass is 9.96. The number of benzene rings is 1. The fourth-order valence-corrected chi connectivity index (χ4v) is 2.85. The summed E-state index contributed by atoms with van der Waals surface area (Å²) in [7, 11) is 0. The molecule has 0 aromatic heterocycles. The summed E-state index contributed by atoms with van der Waals surface area (Å²) in [5, 5.41) is 17.6. The molecule has 22 heavy (non-hydrogen) atoms. The summed E-state index contributed by atoms with van der Waals surface area (Å²) in [6.45, 7) is 3.20. The molecule has 1 aromatic carbocycles. The molecule has 1 saturated carbocycles. The van der Waals surface area contributed by atoms with E-state index in [1.54, 1.807) is 12.1 Å². The molecule has 4 nitrogen and oxygen atoms in total. The summed E-state index contributed by atoms with van der Waals surface area (Å²) in [5.41, 5.74) is 0.835. The number of nitrogens with one attached hydrogen (secondary N) is 2. The molecule has 0 amide bonds. The minimum Gasteiger partial charge on any atom is -0.386 e. The van der Waals surface area contributed by atoms with Gasteiger partial charge in [0.1, 0.15) is 0 Å². The molecule has 3 N–H and O–H groups in total. The molecule has 1 aliphatic carbocycles. The second-order valence-corrected chi connectivity index (χ2v) is 6.20. The van der Waals surface area contributed by atoms with E-state index in [4.69, 9.17) is 11.6 Å². The molecule has 5 heteroatoms. The second kappa shape index (κ2) is 9.01. The van der Waals surface area contributed by atoms with Crippen LogP contribution in [0.1, 0.15) is 50.7 Å². The summed E-state index contributed by atoms with van der Waals surface area (Å²) in [4.78, 5) is 4.52. The van der Waals surface area contributed by atoms with Gasteiger partial charge in [0.15, 0.2) is 5.96 Å². The van der Waals surface area contributed by atoms with E-state index >= 15 is 0 Å². The second-order valence-electron chi connectivity index (χ2n) is 5.77. The summed E-state index contributed by atoms with van der Waals surface area (Å²) < 4.78 is 0. The van der Waals surface area contributed by atoms with Crippen molar-refractivity contribution in [3.63, 3.8) is 0 Å². The van der Waals surface area contributed by atoms with Gasteiger partial charge in [-0.1, -0.05) is 43.0 Å². The Morgan fingerprint density at radius 2 is 1.95 bits per heavy atom. The first kappa shape index (κ1) is 17.1. The van der Waals surface area contributed by atoms with Gasteiger partial charge in [0, 0.05) is 17.6 Å². The van der Waals surface area contributed by atoms with Gasteiger partial charge in [0.05, 0.1) is 12.6 Å². The molecule has 0 aliphatic heterocycles. The Kier molecular flexibility index (Phi) is 7.00. The maximum atomic E-state index is 10.2. The number of hydrogen-bond acceptors (Lipinski definition) is 2. The molecule has 0 spiro atoms. The molecule has 0 heterocycles. The maximum absolute atomic E-state index is 10.2. The molecule has 1 unspecified atom stereocenters. The average molecular weight is 324 g/mol. The zero-order valence-corrected chi connectivity index (χ0v) is 13.9. The predicted octanol–water partition coefficient (Wildman–Crippen LogP) is 3.26. The molecule has 1 atom stereocenters. The predicted molar refractivity (Wildman–Crippen MR) is 92.4 cm³/mol. The molecular weight excluding hydrogens is 298 g/mol. The van der Waals surface area contributed by atoms with Crippen LogP contribution in [0.4, 0.5) is 0 Å². The normalized spacial score (nSPS) is 18.0. The maximum Gasteiger partial charge on any atom is 0.191 e. The van der Waals surface area contributed by atoms with Crippen LogP contribution in [-0.4, -0.2) is 30.2 Å². The van der Waals surface area contributed by atoms with Crippen LogP contribution in [-0.2, 0) is 0 Å². The van der Waals surface area contributed by atoms with Gasteiger partial charge in [-0.2, -0.15) is 0 Å². The first-order chi connectivity index (χ1) is 10.7. The van der Waals surface area contributed by atoms with E-state index in [0.717, 1.165) is 18.1 Å². The van der Waals surface area contributed by atoms with E-state index < -0.39 is 6.10 Å². The molecule has 122 valence electrons. The van der Waals surface area contributed by atoms with E-state index in [9.17, 15) is 5.11 Å². The van der Waals surface area contributed by atoms with Crippen LogP contribution in [0.15, 0.2) is 29.3 Å². The van der Waals surface area contributed by atoms with Crippen molar-refractivity contribution in [3.05, 3.63) is 34.9 Å². The molecule has 0 bridgehead atoms. The number of aliphatic hydroxyl groups is 1. The van der Waals surface area contributed by atoms with Crippen LogP contribution in [0, 0.1) is 0 Å². The van der Waals surface area contributed by atoms with Crippen molar-refractivity contribution >= 4 is 17.6 Å². The van der Waals surface area contributed by atoms with Crippen molar-refractivity contribution in [1.82, 2.24) is 10.6 Å². The molecule has 1 aromatic rings. The first-order valence-corrected chi connectivity index (χ1v) is 8.55. The SMILES string of the molecule is CCNC(=NCC(O)c1ccc(Cl)cc1)NC1CCCCC1. The van der Waals surface area contributed by atoms with Gasteiger partial charge in [-0.25, -0.2) is 0 Å². The molecule has 1 fully saturated rings. The van der Waals surface area contributed by atoms with Gasteiger partial charge in [-0.05, 0) is 37.5 Å². The van der Waals surface area contributed by atoms with E-state index in [1.165, 1.54) is 32.1 Å². The number of rotatable bonds is 5. The largest absolute Gasteiger partial charge is 0.386 e. The average Bonchev–Trinajstić information content (AvgIpc) is 2.54. The van der Waals surface area contributed by atoms with Crippen LogP contribution in [0.2, 0.25) is 5.02 Å². The zero-order chi connectivity index (χ0) is 15.8. The topological polar surface area (TPSA) is 56.7 Å². The first-order valence-electron chi connectivity index (χ1n) is 8.17. The van der Waals surface area contributed by atoms with Gasteiger partial charge >= 0.3 is 0 Å². The van der Waals surface area contributed by atoms with Crippen LogP contribution < -0.4 is 10.6 Å². The number of guanidine groups is 1. The highest BCUT2D eigenvalue weighted by Crippen LogP contribution is 2.18. The van der Waals surface area contributed by atoms with Crippen molar-refractivity contribution in [2.45, 2.75) is 51.2 Å². The number of aliphatic hydroxyl groups excluding tert-OH is 1. The van der Waals surface area contributed by atoms with E-state index in [0.29, 0.717) is 17.6 Å². The Morgan fingerprint density at radius 1 is 1.27 bits per heavy atom. The van der Waals surface area contributed by atoms with Crippen molar-refractivity contribution < 1.29 is 5.11 Å². The molecule has 0 saturated heterocycles. The van der Waals surface area contributed by atoms with E-state index in [-0.39, 0.29) is 0 Å². The van der Waals surface area contributed by atoms with Gasteiger partial charge in [0.25, 0.3) is 0 Å². The van der Waals surface area contributed by atoms with Gasteiger partial charge < -0.3 is 15.7 Å². The van der Waals surface area contributed by atoms with Crippen LogP contribution >= 0.6 is 11.6 Å². The lowest BCUT2D eigenvalue weighted by Crippen LogP contribution is -2.44. The summed E-state index contributed by atoms with van der Waals surface area (Å²) in [6, 6.07) is 7.75. The third kappa shape index (κ3) is 5.50. The number of hydrogen-bond donors (Lipinski definition) is 3. The highest BCUT2D eigenvalue weighted by molar-refractivity contribution is 6.30. The monoisotopic (exact) mass is 323 g/mol. The minimum atomic E-state index is -0.612. The Bertz CT molecular complexity index is 469. The fourth-order valence-electron chi connectivity index (χ4n) is 2.73. The highest BCUT2D eigenvalue weighted by atomic mass is 35.5. The van der Waals surface area contributed by atoms with Crippen LogP contribution in [0.25, 0.3) is 0 Å². The minimum absolute atomic E-state index is 0.337. The fraction of sp³-hybridized carbons (Fsp3) is 0.588. The van der Waals surface area contributed by atoms with Gasteiger partial charge in [-0.15, -0.1) is 0 Å². The lowest BCUT2D eigenvalue weighted by molar-refractivity contribution is 0.187. The third-order valence-electron chi connectivity index (χ3n) is 3.97. The summed E-state index contributed by atoms with van der Waals surface area (Å²) in [6.07, 6.45) is 5.68. The smallest absolute Gasteiger partial charge is 0.191 e. The summed E-state index contributed by atoms with van der Waals surface area (Å²) >= 11 is 5.86. The summed E-state index contributed by atoms with van der Waals surface area (Å²) in [5.74, 6) is 0.794. The van der Waals surface area contributed by atoms with Crippen molar-refractivity contribution in [3.8, 4) is 0 Å². The third-order valence-corrected chi connectivity index (χ3v) is 4.22.